The summed E-state index contributed by atoms with van der Waals surface area (Å²) < 4.78 is 24.4. The Bertz CT molecular complexity index is 538. The number of para-hydroxylation sites is 1. The molecule has 0 spiro atoms. The van der Waals surface area contributed by atoms with Crippen molar-refractivity contribution in [3.05, 3.63) is 23.8 Å². The molecule has 0 saturated heterocycles. The second kappa shape index (κ2) is 4.75. The van der Waals surface area contributed by atoms with Crippen molar-refractivity contribution in [3.8, 4) is 0 Å². The predicted molar refractivity (Wildman–Crippen MR) is 66.1 cm³/mol. The lowest BCUT2D eigenvalue weighted by atomic mass is 10.2. The Kier molecular flexibility index (Phi) is 3.77. The van der Waals surface area contributed by atoms with E-state index in [0.717, 1.165) is 0 Å². The van der Waals surface area contributed by atoms with Gasteiger partial charge in [0.05, 0.1) is 10.6 Å². The zero-order valence-electron chi connectivity index (χ0n) is 9.80. The van der Waals surface area contributed by atoms with Crippen molar-refractivity contribution < 1.29 is 13.2 Å². The zero-order chi connectivity index (χ0) is 13.2. The monoisotopic (exact) mass is 256 g/mol. The molecule has 0 fully saturated rings. The van der Waals surface area contributed by atoms with Crippen LogP contribution in [0.15, 0.2) is 23.1 Å². The summed E-state index contributed by atoms with van der Waals surface area (Å²) in [6.45, 7) is 3.30. The minimum atomic E-state index is -3.80. The molecule has 1 aromatic carbocycles. The predicted octanol–water partition coefficient (Wildman–Crippen LogP) is 0.615. The lowest BCUT2D eigenvalue weighted by Gasteiger charge is -2.15. The molecule has 1 unspecified atom stereocenters. The molecule has 17 heavy (non-hydrogen) atoms. The van der Waals surface area contributed by atoms with Gasteiger partial charge in [-0.25, -0.2) is 8.42 Å². The molecular weight excluding hydrogens is 240 g/mol. The fourth-order valence-electron chi connectivity index (χ4n) is 1.63. The number of aryl methyl sites for hydroxylation is 1. The minimum absolute atomic E-state index is 0.0249. The Labute approximate surface area is 101 Å². The lowest BCUT2D eigenvalue weighted by Crippen LogP contribution is -2.35. The highest BCUT2D eigenvalue weighted by Gasteiger charge is 2.32. The number of primary amides is 1. The lowest BCUT2D eigenvalue weighted by molar-refractivity contribution is -0.117. The maximum atomic E-state index is 12.2. The van der Waals surface area contributed by atoms with E-state index in [9.17, 15) is 13.2 Å². The summed E-state index contributed by atoms with van der Waals surface area (Å²) in [7, 11) is -3.80. The molecule has 0 aliphatic carbocycles. The second-order valence-corrected chi connectivity index (χ2v) is 5.93. The van der Waals surface area contributed by atoms with E-state index in [-0.39, 0.29) is 17.0 Å². The molecule has 5 nitrogen and oxygen atoms in total. The molecule has 0 radical (unpaired) electrons. The van der Waals surface area contributed by atoms with Crippen LogP contribution in [-0.4, -0.2) is 19.6 Å². The molecule has 0 bridgehead atoms. The molecule has 94 valence electrons. The van der Waals surface area contributed by atoms with Gasteiger partial charge < -0.3 is 11.5 Å². The number of carbonyl (C=O) groups excluding carboxylic acids is 1. The van der Waals surface area contributed by atoms with Crippen molar-refractivity contribution >= 4 is 21.4 Å². The van der Waals surface area contributed by atoms with E-state index in [1.165, 1.54) is 6.07 Å². The maximum absolute atomic E-state index is 12.2. The number of amides is 1. The number of hydrogen-bond donors (Lipinski definition) is 2. The van der Waals surface area contributed by atoms with Crippen LogP contribution in [0.2, 0.25) is 0 Å². The van der Waals surface area contributed by atoms with E-state index in [1.807, 2.05) is 0 Å². The highest BCUT2D eigenvalue weighted by Crippen LogP contribution is 2.26. The van der Waals surface area contributed by atoms with E-state index >= 15 is 0 Å². The van der Waals surface area contributed by atoms with Crippen LogP contribution in [0.25, 0.3) is 0 Å². The third kappa shape index (κ3) is 2.41. The summed E-state index contributed by atoms with van der Waals surface area (Å²) >= 11 is 0. The van der Waals surface area contributed by atoms with Gasteiger partial charge in [-0.1, -0.05) is 19.1 Å². The maximum Gasteiger partial charge on any atom is 0.236 e. The van der Waals surface area contributed by atoms with Gasteiger partial charge in [-0.15, -0.1) is 0 Å². The first-order valence-electron chi connectivity index (χ1n) is 5.20. The highest BCUT2D eigenvalue weighted by molar-refractivity contribution is 7.93. The van der Waals surface area contributed by atoms with Crippen LogP contribution in [0, 0.1) is 6.92 Å². The molecule has 1 aromatic rings. The number of nitrogen functional groups attached to an aromatic ring is 1. The topological polar surface area (TPSA) is 103 Å². The molecule has 1 atom stereocenters. The van der Waals surface area contributed by atoms with E-state index in [0.29, 0.717) is 5.56 Å². The Morgan fingerprint density at radius 2 is 2.00 bits per heavy atom. The molecule has 6 heteroatoms. The van der Waals surface area contributed by atoms with Crippen LogP contribution in [0.1, 0.15) is 18.9 Å². The van der Waals surface area contributed by atoms with E-state index in [4.69, 9.17) is 11.5 Å². The molecule has 0 saturated carbocycles. The smallest absolute Gasteiger partial charge is 0.236 e. The molecule has 0 aliphatic heterocycles. The van der Waals surface area contributed by atoms with Gasteiger partial charge in [0.2, 0.25) is 5.91 Å². The Hall–Kier alpha value is -1.56. The molecule has 1 rings (SSSR count). The van der Waals surface area contributed by atoms with Gasteiger partial charge in [-0.05, 0) is 25.0 Å². The van der Waals surface area contributed by atoms with E-state index < -0.39 is 21.0 Å². The number of anilines is 1. The molecule has 0 aliphatic rings. The second-order valence-electron chi connectivity index (χ2n) is 3.83. The molecule has 1 amide bonds. The first-order chi connectivity index (χ1) is 7.82. The van der Waals surface area contributed by atoms with Crippen molar-refractivity contribution in [2.24, 2.45) is 5.73 Å². The van der Waals surface area contributed by atoms with Gasteiger partial charge in [0.15, 0.2) is 9.84 Å². The average Bonchev–Trinajstić information content (AvgIpc) is 2.21. The Morgan fingerprint density at radius 3 is 2.47 bits per heavy atom. The molecular formula is C11H16N2O3S. The third-order valence-corrected chi connectivity index (χ3v) is 4.94. The van der Waals surface area contributed by atoms with Gasteiger partial charge >= 0.3 is 0 Å². The minimum Gasteiger partial charge on any atom is -0.397 e. The van der Waals surface area contributed by atoms with E-state index in [2.05, 4.69) is 0 Å². The van der Waals surface area contributed by atoms with Gasteiger partial charge in [0.25, 0.3) is 0 Å². The summed E-state index contributed by atoms with van der Waals surface area (Å²) in [5, 5.41) is -1.23. The number of rotatable bonds is 4. The van der Waals surface area contributed by atoms with Crippen molar-refractivity contribution in [2.45, 2.75) is 30.4 Å². The van der Waals surface area contributed by atoms with Crippen molar-refractivity contribution in [1.82, 2.24) is 0 Å². The van der Waals surface area contributed by atoms with Gasteiger partial charge in [-0.2, -0.15) is 0 Å². The number of hydrogen-bond acceptors (Lipinski definition) is 4. The average molecular weight is 256 g/mol. The van der Waals surface area contributed by atoms with Crippen LogP contribution in [-0.2, 0) is 14.6 Å². The fraction of sp³-hybridized carbons (Fsp3) is 0.364. The van der Waals surface area contributed by atoms with Crippen molar-refractivity contribution in [3.63, 3.8) is 0 Å². The van der Waals surface area contributed by atoms with Crippen molar-refractivity contribution in [1.29, 1.82) is 0 Å². The Morgan fingerprint density at radius 1 is 1.41 bits per heavy atom. The zero-order valence-corrected chi connectivity index (χ0v) is 10.6. The normalized spacial score (nSPS) is 13.3. The van der Waals surface area contributed by atoms with Gasteiger partial charge in [-0.3, -0.25) is 4.79 Å². The number of carbonyl (C=O) groups is 1. The summed E-state index contributed by atoms with van der Waals surface area (Å²) in [6.07, 6.45) is 0.130. The molecule has 4 N–H and O–H groups in total. The summed E-state index contributed by atoms with van der Waals surface area (Å²) in [4.78, 5) is 11.1. The first-order valence-corrected chi connectivity index (χ1v) is 6.75. The van der Waals surface area contributed by atoms with Crippen LogP contribution in [0.5, 0.6) is 0 Å². The largest absolute Gasteiger partial charge is 0.397 e. The molecule has 0 heterocycles. The highest BCUT2D eigenvalue weighted by atomic mass is 32.2. The summed E-state index contributed by atoms with van der Waals surface area (Å²) in [5.74, 6) is -0.853. The van der Waals surface area contributed by atoms with Gasteiger partial charge in [0, 0.05) is 0 Å². The van der Waals surface area contributed by atoms with E-state index in [1.54, 1.807) is 26.0 Å². The van der Waals surface area contributed by atoms with Crippen LogP contribution in [0.4, 0.5) is 5.69 Å². The summed E-state index contributed by atoms with van der Waals surface area (Å²) in [5.41, 5.74) is 11.7. The Balaban J connectivity index is 3.41. The summed E-state index contributed by atoms with van der Waals surface area (Å²) in [6, 6.07) is 4.69. The third-order valence-electron chi connectivity index (χ3n) is 2.65. The van der Waals surface area contributed by atoms with Crippen molar-refractivity contribution in [2.75, 3.05) is 5.73 Å². The fourth-order valence-corrected chi connectivity index (χ4v) is 3.42. The SMILES string of the molecule is CCC(C(N)=O)S(=O)(=O)c1cccc(C)c1N. The van der Waals surface area contributed by atoms with Crippen LogP contribution >= 0.6 is 0 Å². The number of nitrogens with two attached hydrogens (primary N) is 2. The standard InChI is InChI=1S/C11H16N2O3S/c1-3-8(11(13)14)17(15,16)9-6-4-5-7(2)10(9)12/h4-6,8H,3,12H2,1-2H3,(H2,13,14). The number of sulfone groups is 1. The quantitative estimate of drug-likeness (QED) is 0.770. The van der Waals surface area contributed by atoms with Crippen LogP contribution < -0.4 is 11.5 Å². The van der Waals surface area contributed by atoms with Crippen LogP contribution in [0.3, 0.4) is 0 Å². The number of benzene rings is 1. The first kappa shape index (κ1) is 13.5. The molecule has 0 aromatic heterocycles. The van der Waals surface area contributed by atoms with Gasteiger partial charge in [0.1, 0.15) is 5.25 Å².